The zero-order valence-electron chi connectivity index (χ0n) is 17.9. The third kappa shape index (κ3) is 5.02. The maximum atomic E-state index is 12.4. The fourth-order valence-electron chi connectivity index (χ4n) is 3.11. The Labute approximate surface area is 185 Å². The molecule has 0 aliphatic carbocycles. The van der Waals surface area contributed by atoms with Crippen LogP contribution in [0.25, 0.3) is 22.0 Å². The average molecular weight is 429 g/mol. The molecule has 2 aromatic carbocycles. The predicted molar refractivity (Wildman–Crippen MR) is 123 cm³/mol. The van der Waals surface area contributed by atoms with Crippen LogP contribution in [-0.2, 0) is 4.79 Å². The van der Waals surface area contributed by atoms with E-state index in [9.17, 15) is 9.59 Å². The summed E-state index contributed by atoms with van der Waals surface area (Å²) >= 11 is 0. The molecule has 0 spiro atoms. The van der Waals surface area contributed by atoms with Gasteiger partial charge in [-0.25, -0.2) is 4.98 Å². The van der Waals surface area contributed by atoms with Crippen LogP contribution in [0.5, 0.6) is 5.75 Å². The second-order valence-corrected chi connectivity index (χ2v) is 6.91. The Morgan fingerprint density at radius 2 is 1.94 bits per heavy atom. The number of hydrogen-bond acceptors (Lipinski definition) is 6. The molecule has 0 saturated heterocycles. The molecule has 2 amide bonds. The third-order valence-electron chi connectivity index (χ3n) is 4.81. The van der Waals surface area contributed by atoms with Crippen molar-refractivity contribution in [2.24, 2.45) is 0 Å². The number of nitriles is 1. The molecular weight excluding hydrogens is 406 g/mol. The summed E-state index contributed by atoms with van der Waals surface area (Å²) in [5, 5.41) is 19.1. The number of anilines is 1. The summed E-state index contributed by atoms with van der Waals surface area (Å²) in [4.78, 5) is 28.2. The number of ether oxygens (including phenoxy) is 1. The second kappa shape index (κ2) is 10.1. The first-order valence-corrected chi connectivity index (χ1v) is 9.85. The van der Waals surface area contributed by atoms with Crippen LogP contribution in [0.1, 0.15) is 10.5 Å². The van der Waals surface area contributed by atoms with Gasteiger partial charge in [0.1, 0.15) is 11.4 Å². The maximum absolute atomic E-state index is 12.4. The van der Waals surface area contributed by atoms with Crippen molar-refractivity contribution in [2.45, 2.75) is 0 Å². The molecule has 3 rings (SSSR count). The molecule has 0 bridgehead atoms. The molecule has 0 aliphatic rings. The number of likely N-dealkylation sites (N-methyl/N-ethyl adjacent to an activating group) is 1. The van der Waals surface area contributed by atoms with Gasteiger partial charge in [-0.2, -0.15) is 5.26 Å². The summed E-state index contributed by atoms with van der Waals surface area (Å²) in [7, 11) is 3.08. The SMILES string of the molecule is C=C(C#N)CNc1c(OC)ccc2ccc(-c3cccc(C(=O)NCC(=O)NC)n3)cc12. The summed E-state index contributed by atoms with van der Waals surface area (Å²) in [5.74, 6) is -0.0944. The van der Waals surface area contributed by atoms with Gasteiger partial charge in [0.15, 0.2) is 0 Å². The van der Waals surface area contributed by atoms with Crippen LogP contribution in [-0.4, -0.2) is 44.0 Å². The first-order valence-electron chi connectivity index (χ1n) is 9.85. The van der Waals surface area contributed by atoms with Crippen LogP contribution < -0.4 is 20.7 Å². The Morgan fingerprint density at radius 1 is 1.16 bits per heavy atom. The lowest BCUT2D eigenvalue weighted by molar-refractivity contribution is -0.119. The summed E-state index contributed by atoms with van der Waals surface area (Å²) in [6, 6.07) is 16.8. The normalized spacial score (nSPS) is 10.2. The van der Waals surface area contributed by atoms with E-state index in [-0.39, 0.29) is 24.7 Å². The molecule has 0 fully saturated rings. The fourth-order valence-corrected chi connectivity index (χ4v) is 3.11. The molecule has 0 saturated carbocycles. The molecule has 8 nitrogen and oxygen atoms in total. The fraction of sp³-hybridized carbons (Fsp3) is 0.167. The number of aromatic nitrogens is 1. The summed E-state index contributed by atoms with van der Waals surface area (Å²) in [5.41, 5.74) is 2.75. The van der Waals surface area contributed by atoms with Crippen molar-refractivity contribution >= 4 is 28.3 Å². The van der Waals surface area contributed by atoms with Gasteiger partial charge in [-0.15, -0.1) is 0 Å². The van der Waals surface area contributed by atoms with Crippen molar-refractivity contribution in [3.8, 4) is 23.1 Å². The highest BCUT2D eigenvalue weighted by Crippen LogP contribution is 2.35. The highest BCUT2D eigenvalue weighted by atomic mass is 16.5. The van der Waals surface area contributed by atoms with Gasteiger partial charge in [-0.1, -0.05) is 30.8 Å². The lowest BCUT2D eigenvalue weighted by Gasteiger charge is -2.15. The smallest absolute Gasteiger partial charge is 0.270 e. The lowest BCUT2D eigenvalue weighted by Crippen LogP contribution is -2.35. The van der Waals surface area contributed by atoms with Gasteiger partial charge in [-0.05, 0) is 29.7 Å². The van der Waals surface area contributed by atoms with Crippen molar-refractivity contribution in [3.05, 3.63) is 66.4 Å². The van der Waals surface area contributed by atoms with Crippen LogP contribution in [0.3, 0.4) is 0 Å². The highest BCUT2D eigenvalue weighted by Gasteiger charge is 2.13. The molecule has 1 heterocycles. The molecular formula is C24H23N5O3. The zero-order chi connectivity index (χ0) is 23.1. The number of nitrogens with one attached hydrogen (secondary N) is 3. The van der Waals surface area contributed by atoms with E-state index in [0.717, 1.165) is 22.0 Å². The number of pyridine rings is 1. The largest absolute Gasteiger partial charge is 0.495 e. The zero-order valence-corrected chi connectivity index (χ0v) is 17.9. The standard InChI is InChI=1S/C24H23N5O3/c1-15(12-25)13-27-23-18-11-17(8-7-16(18)9-10-21(23)32-3)19-5-4-6-20(29-19)24(31)28-14-22(30)26-2/h4-11,27H,1,13-14H2,2-3H3,(H,26,30)(H,28,31). The van der Waals surface area contributed by atoms with Crippen molar-refractivity contribution in [1.82, 2.24) is 15.6 Å². The Morgan fingerprint density at radius 3 is 2.66 bits per heavy atom. The molecule has 8 heteroatoms. The van der Waals surface area contributed by atoms with Crippen LogP contribution in [0.15, 0.2) is 60.7 Å². The number of methoxy groups -OCH3 is 1. The van der Waals surface area contributed by atoms with Gasteiger partial charge in [-0.3, -0.25) is 9.59 Å². The van der Waals surface area contributed by atoms with Crippen LogP contribution in [0, 0.1) is 11.3 Å². The van der Waals surface area contributed by atoms with E-state index in [4.69, 9.17) is 10.00 Å². The van der Waals surface area contributed by atoms with E-state index in [2.05, 4.69) is 27.5 Å². The van der Waals surface area contributed by atoms with Crippen molar-refractivity contribution in [3.63, 3.8) is 0 Å². The van der Waals surface area contributed by atoms with Gasteiger partial charge < -0.3 is 20.7 Å². The first kappa shape index (κ1) is 22.3. The van der Waals surface area contributed by atoms with E-state index < -0.39 is 5.91 Å². The molecule has 3 N–H and O–H groups in total. The molecule has 3 aromatic rings. The number of carbonyl (C=O) groups is 2. The number of rotatable bonds is 8. The van der Waals surface area contributed by atoms with Gasteiger partial charge in [0.2, 0.25) is 5.91 Å². The Kier molecular flexibility index (Phi) is 7.03. The molecule has 0 radical (unpaired) electrons. The minimum Gasteiger partial charge on any atom is -0.495 e. The van der Waals surface area contributed by atoms with Crippen LogP contribution in [0.2, 0.25) is 0 Å². The number of amides is 2. The van der Waals surface area contributed by atoms with Gasteiger partial charge in [0.05, 0.1) is 31.1 Å². The van der Waals surface area contributed by atoms with Gasteiger partial charge >= 0.3 is 0 Å². The van der Waals surface area contributed by atoms with Crippen molar-refractivity contribution in [2.75, 3.05) is 32.6 Å². The number of hydrogen-bond donors (Lipinski definition) is 3. The summed E-state index contributed by atoms with van der Waals surface area (Å²) in [6.07, 6.45) is 0. The monoisotopic (exact) mass is 429 g/mol. The van der Waals surface area contributed by atoms with E-state index in [1.807, 2.05) is 42.5 Å². The first-order chi connectivity index (χ1) is 15.5. The van der Waals surface area contributed by atoms with E-state index >= 15 is 0 Å². The van der Waals surface area contributed by atoms with Crippen molar-refractivity contribution < 1.29 is 14.3 Å². The summed E-state index contributed by atoms with van der Waals surface area (Å²) in [6.45, 7) is 3.87. The molecule has 32 heavy (non-hydrogen) atoms. The molecule has 0 unspecified atom stereocenters. The van der Waals surface area contributed by atoms with Gasteiger partial charge in [0, 0.05) is 30.1 Å². The van der Waals surface area contributed by atoms with Crippen LogP contribution in [0.4, 0.5) is 5.69 Å². The number of fused-ring (bicyclic) bond motifs is 1. The Balaban J connectivity index is 1.97. The maximum Gasteiger partial charge on any atom is 0.270 e. The number of carbonyl (C=O) groups excluding carboxylic acids is 2. The minimum atomic E-state index is -0.435. The quantitative estimate of drug-likeness (QED) is 0.474. The topological polar surface area (TPSA) is 116 Å². The van der Waals surface area contributed by atoms with Crippen LogP contribution >= 0.6 is 0 Å². The van der Waals surface area contributed by atoms with Gasteiger partial charge in [0.25, 0.3) is 5.91 Å². The predicted octanol–water partition coefficient (Wildman–Crippen LogP) is 2.88. The summed E-state index contributed by atoms with van der Waals surface area (Å²) < 4.78 is 5.49. The van der Waals surface area contributed by atoms with Crippen molar-refractivity contribution in [1.29, 1.82) is 5.26 Å². The lowest BCUT2D eigenvalue weighted by atomic mass is 10.0. The molecule has 162 valence electrons. The third-order valence-corrected chi connectivity index (χ3v) is 4.81. The highest BCUT2D eigenvalue weighted by molar-refractivity contribution is 6.00. The minimum absolute atomic E-state index is 0.125. The number of benzene rings is 2. The second-order valence-electron chi connectivity index (χ2n) is 6.91. The van der Waals surface area contributed by atoms with E-state index in [1.54, 1.807) is 19.2 Å². The average Bonchev–Trinajstić information content (AvgIpc) is 2.84. The molecule has 1 aromatic heterocycles. The molecule has 0 atom stereocenters. The Hall–Kier alpha value is -4.38. The van der Waals surface area contributed by atoms with E-state index in [1.165, 1.54) is 7.05 Å². The van der Waals surface area contributed by atoms with E-state index in [0.29, 0.717) is 17.0 Å². The number of nitrogens with zero attached hydrogens (tertiary/aromatic N) is 2. The molecule has 0 aliphatic heterocycles. The Bertz CT molecular complexity index is 1230.